The Labute approximate surface area is 244 Å². The summed E-state index contributed by atoms with van der Waals surface area (Å²) in [5.74, 6) is 2.03. The number of unbranched alkanes of at least 4 members (excludes halogenated alkanes) is 13. The number of aromatic nitrogens is 2. The van der Waals surface area contributed by atoms with Crippen molar-refractivity contribution in [3.05, 3.63) is 11.8 Å². The van der Waals surface area contributed by atoms with Gasteiger partial charge in [-0.15, -0.1) is 0 Å². The van der Waals surface area contributed by atoms with Crippen LogP contribution in [-0.4, -0.2) is 63.7 Å². The first-order valence-electron chi connectivity index (χ1n) is 14.5. The molecule has 1 aromatic heterocycles. The zero-order valence-electron chi connectivity index (χ0n) is 24.1. The molecule has 2 atom stereocenters. The van der Waals surface area contributed by atoms with E-state index in [1.807, 2.05) is 0 Å². The molecular weight excluding hydrogens is 557 g/mol. The number of nitrogens with zero attached hydrogens (tertiary/aromatic N) is 2. The van der Waals surface area contributed by atoms with Gasteiger partial charge in [0.25, 0.3) is 0 Å². The van der Waals surface area contributed by atoms with Crippen molar-refractivity contribution >= 4 is 35.1 Å². The third-order valence-electron chi connectivity index (χ3n) is 6.07. The maximum Gasteiger partial charge on any atom is 0.353 e. The van der Waals surface area contributed by atoms with Crippen LogP contribution in [0.1, 0.15) is 103 Å². The van der Waals surface area contributed by atoms with E-state index in [0.717, 1.165) is 5.75 Å². The van der Waals surface area contributed by atoms with Gasteiger partial charge in [-0.3, -0.25) is 4.57 Å². The van der Waals surface area contributed by atoms with Crippen LogP contribution in [0, 0.1) is 6.92 Å². The highest BCUT2D eigenvalue weighted by atomic mass is 33.1. The van der Waals surface area contributed by atoms with Crippen LogP contribution in [-0.2, 0) is 13.8 Å². The van der Waals surface area contributed by atoms with Crippen LogP contribution in [0.4, 0.5) is 5.95 Å². The number of rotatable bonds is 27. The fourth-order valence-electron chi connectivity index (χ4n) is 3.89. The molecule has 1 heterocycles. The number of hydrogen-bond donors (Lipinski definition) is 3. The number of ether oxygens (including phenoxy) is 2. The number of anilines is 1. The molecule has 0 aliphatic carbocycles. The highest BCUT2D eigenvalue weighted by Gasteiger charge is 2.22. The van der Waals surface area contributed by atoms with Gasteiger partial charge in [0.15, 0.2) is 0 Å². The van der Waals surface area contributed by atoms with Crippen LogP contribution in [0.15, 0.2) is 6.07 Å². The Balaban J connectivity index is 1.94. The quantitative estimate of drug-likeness (QED) is 0.0533. The van der Waals surface area contributed by atoms with Crippen LogP contribution in [0.3, 0.4) is 0 Å². The van der Waals surface area contributed by atoms with E-state index < -0.39 is 20.0 Å². The largest absolute Gasteiger partial charge is 0.475 e. The predicted octanol–water partition coefficient (Wildman–Crippen LogP) is 7.15. The average molecular weight is 610 g/mol. The lowest BCUT2D eigenvalue weighted by molar-refractivity contribution is -0.000902. The van der Waals surface area contributed by atoms with E-state index in [9.17, 15) is 14.6 Å². The third-order valence-corrected chi connectivity index (χ3v) is 9.58. The van der Waals surface area contributed by atoms with Crippen molar-refractivity contribution in [3.8, 4) is 5.88 Å². The molecule has 228 valence electrons. The molecule has 0 bridgehead atoms. The second kappa shape index (κ2) is 24.1. The second-order valence-corrected chi connectivity index (χ2v) is 14.3. The standard InChI is InChI=1S/C27H52N3O6PS2/c1-3-4-5-6-7-8-9-10-11-12-13-14-15-16-18-38-39-19-17-36-37(32,33)23-35-25(21-31)22-34-26-20-24(2)29-27(28)30-26/h20,25,31H,3-19,21-23H2,1-2H3,(H,32,33)(H2,28,29,30). The molecule has 12 heteroatoms. The summed E-state index contributed by atoms with van der Waals surface area (Å²) in [6.45, 7) is 3.74. The Morgan fingerprint density at radius 3 is 2.05 bits per heavy atom. The number of aryl methyl sites for hydroxylation is 1. The molecule has 2 unspecified atom stereocenters. The molecule has 0 spiro atoms. The molecule has 0 aliphatic rings. The van der Waals surface area contributed by atoms with E-state index in [1.54, 1.807) is 34.6 Å². The summed E-state index contributed by atoms with van der Waals surface area (Å²) < 4.78 is 28.1. The van der Waals surface area contributed by atoms with Crippen molar-refractivity contribution in [2.75, 3.05) is 43.4 Å². The zero-order valence-corrected chi connectivity index (χ0v) is 26.6. The van der Waals surface area contributed by atoms with Gasteiger partial charge in [0.1, 0.15) is 19.1 Å². The number of nitrogens with two attached hydrogens (primary N) is 1. The van der Waals surface area contributed by atoms with E-state index >= 15 is 0 Å². The summed E-state index contributed by atoms with van der Waals surface area (Å²) in [4.78, 5) is 17.9. The molecule has 0 radical (unpaired) electrons. The van der Waals surface area contributed by atoms with Crippen LogP contribution < -0.4 is 10.5 Å². The van der Waals surface area contributed by atoms with Crippen molar-refractivity contribution < 1.29 is 28.6 Å². The van der Waals surface area contributed by atoms with Crippen LogP contribution in [0.5, 0.6) is 5.88 Å². The summed E-state index contributed by atoms with van der Waals surface area (Å²) in [5.41, 5.74) is 6.22. The Kier molecular flexibility index (Phi) is 22.5. The Bertz CT molecular complexity index is 761. The van der Waals surface area contributed by atoms with E-state index in [1.165, 1.54) is 89.9 Å². The van der Waals surface area contributed by atoms with Gasteiger partial charge in [-0.1, -0.05) is 112 Å². The first kappa shape index (κ1) is 36.5. The molecule has 0 saturated heterocycles. The van der Waals surface area contributed by atoms with Crippen molar-refractivity contribution in [2.24, 2.45) is 0 Å². The van der Waals surface area contributed by atoms with Gasteiger partial charge < -0.3 is 29.7 Å². The van der Waals surface area contributed by atoms with Crippen molar-refractivity contribution in [2.45, 2.75) is 110 Å². The molecule has 0 saturated carbocycles. The zero-order chi connectivity index (χ0) is 28.6. The molecule has 1 rings (SSSR count). The monoisotopic (exact) mass is 609 g/mol. The molecule has 0 aromatic carbocycles. The SMILES string of the molecule is CCCCCCCCCCCCCCCCSSCCOP(=O)(O)COC(CO)COc1cc(C)nc(N)n1. The lowest BCUT2D eigenvalue weighted by atomic mass is 10.0. The van der Waals surface area contributed by atoms with Gasteiger partial charge in [0.2, 0.25) is 11.8 Å². The van der Waals surface area contributed by atoms with Gasteiger partial charge in [-0.25, -0.2) is 4.98 Å². The Hall–Kier alpha value is -0.550. The molecule has 4 N–H and O–H groups in total. The summed E-state index contributed by atoms with van der Waals surface area (Å²) in [5, 5.41) is 9.47. The lowest BCUT2D eigenvalue weighted by Crippen LogP contribution is -2.26. The maximum atomic E-state index is 12.2. The maximum absolute atomic E-state index is 12.2. The van der Waals surface area contributed by atoms with E-state index in [-0.39, 0.29) is 31.6 Å². The van der Waals surface area contributed by atoms with Crippen LogP contribution in [0.25, 0.3) is 0 Å². The fraction of sp³-hybridized carbons (Fsp3) is 0.852. The molecular formula is C27H52N3O6PS2. The molecule has 1 aromatic rings. The Morgan fingerprint density at radius 2 is 1.49 bits per heavy atom. The number of aliphatic hydroxyl groups is 1. The normalized spacial score (nSPS) is 13.8. The number of hydrogen-bond acceptors (Lipinski definition) is 10. The van der Waals surface area contributed by atoms with Gasteiger partial charge in [-0.2, -0.15) is 4.98 Å². The Morgan fingerprint density at radius 1 is 0.923 bits per heavy atom. The highest BCUT2D eigenvalue weighted by molar-refractivity contribution is 8.76. The summed E-state index contributed by atoms with van der Waals surface area (Å²) in [6.07, 6.45) is 17.7. The van der Waals surface area contributed by atoms with E-state index in [0.29, 0.717) is 11.4 Å². The van der Waals surface area contributed by atoms with Gasteiger partial charge in [-0.05, 0) is 13.3 Å². The predicted molar refractivity (Wildman–Crippen MR) is 165 cm³/mol. The van der Waals surface area contributed by atoms with Crippen LogP contribution >= 0.6 is 29.2 Å². The minimum atomic E-state index is -3.92. The van der Waals surface area contributed by atoms with E-state index in [2.05, 4.69) is 16.9 Å². The molecule has 0 amide bonds. The third kappa shape index (κ3) is 21.8. The topological polar surface area (TPSA) is 137 Å². The molecule has 9 nitrogen and oxygen atoms in total. The minimum absolute atomic E-state index is 0.0574. The van der Waals surface area contributed by atoms with Gasteiger partial charge >= 0.3 is 7.60 Å². The van der Waals surface area contributed by atoms with Crippen LogP contribution in [0.2, 0.25) is 0 Å². The summed E-state index contributed by atoms with van der Waals surface area (Å²) in [7, 11) is -0.486. The van der Waals surface area contributed by atoms with Crippen molar-refractivity contribution in [1.29, 1.82) is 0 Å². The summed E-state index contributed by atoms with van der Waals surface area (Å²) in [6, 6.07) is 1.60. The first-order chi connectivity index (χ1) is 18.9. The first-order valence-corrected chi connectivity index (χ1v) is 18.8. The number of aliphatic hydroxyl groups excluding tert-OH is 1. The average Bonchev–Trinajstić information content (AvgIpc) is 2.89. The van der Waals surface area contributed by atoms with Crippen molar-refractivity contribution in [1.82, 2.24) is 9.97 Å². The van der Waals surface area contributed by atoms with E-state index in [4.69, 9.17) is 19.7 Å². The lowest BCUT2D eigenvalue weighted by Gasteiger charge is -2.18. The summed E-state index contributed by atoms with van der Waals surface area (Å²) >= 11 is 0. The molecule has 39 heavy (non-hydrogen) atoms. The fourth-order valence-corrected chi connectivity index (χ4v) is 6.84. The highest BCUT2D eigenvalue weighted by Crippen LogP contribution is 2.42. The molecule has 0 fully saturated rings. The van der Waals surface area contributed by atoms with Gasteiger partial charge in [0.05, 0.1) is 13.2 Å². The molecule has 0 aliphatic heterocycles. The smallest absolute Gasteiger partial charge is 0.353 e. The van der Waals surface area contributed by atoms with Gasteiger partial charge in [0, 0.05) is 23.3 Å². The number of nitrogen functional groups attached to an aromatic ring is 1. The van der Waals surface area contributed by atoms with Crippen molar-refractivity contribution in [3.63, 3.8) is 0 Å². The second-order valence-electron chi connectivity index (χ2n) is 9.83. The minimum Gasteiger partial charge on any atom is -0.475 e.